The van der Waals surface area contributed by atoms with Gasteiger partial charge in [0.15, 0.2) is 5.96 Å². The van der Waals surface area contributed by atoms with Crippen molar-refractivity contribution in [3.63, 3.8) is 0 Å². The molecule has 0 aliphatic rings. The SMILES string of the molecule is CCNC(=NCC(O)COc1cccc(Cl)c1Cl)NCCc1ccc(Cl)nc1. The van der Waals surface area contributed by atoms with Gasteiger partial charge in [0.05, 0.1) is 11.6 Å². The molecule has 0 bridgehead atoms. The summed E-state index contributed by atoms with van der Waals surface area (Å²) in [6.45, 7) is 3.58. The summed E-state index contributed by atoms with van der Waals surface area (Å²) in [6, 6.07) is 8.80. The lowest BCUT2D eigenvalue weighted by atomic mass is 10.2. The van der Waals surface area contributed by atoms with Crippen molar-refractivity contribution < 1.29 is 9.84 Å². The highest BCUT2D eigenvalue weighted by molar-refractivity contribution is 6.42. The van der Waals surface area contributed by atoms with Gasteiger partial charge in [-0.05, 0) is 37.1 Å². The van der Waals surface area contributed by atoms with Crippen LogP contribution in [-0.2, 0) is 6.42 Å². The van der Waals surface area contributed by atoms with Crippen molar-refractivity contribution in [2.24, 2.45) is 4.99 Å². The summed E-state index contributed by atoms with van der Waals surface area (Å²) < 4.78 is 5.53. The average molecular weight is 446 g/mol. The molecule has 0 spiro atoms. The summed E-state index contributed by atoms with van der Waals surface area (Å²) >= 11 is 17.8. The first-order valence-electron chi connectivity index (χ1n) is 8.87. The van der Waals surface area contributed by atoms with E-state index in [0.717, 1.165) is 12.0 Å². The second kappa shape index (κ2) is 12.0. The molecule has 1 aromatic heterocycles. The van der Waals surface area contributed by atoms with Crippen molar-refractivity contribution in [1.29, 1.82) is 0 Å². The second-order valence-electron chi connectivity index (χ2n) is 5.90. The molecule has 28 heavy (non-hydrogen) atoms. The van der Waals surface area contributed by atoms with Crippen LogP contribution in [0.2, 0.25) is 15.2 Å². The van der Waals surface area contributed by atoms with E-state index in [-0.39, 0.29) is 13.2 Å². The van der Waals surface area contributed by atoms with Crippen LogP contribution in [0.5, 0.6) is 5.75 Å². The predicted molar refractivity (Wildman–Crippen MR) is 115 cm³/mol. The first kappa shape index (κ1) is 22.6. The van der Waals surface area contributed by atoms with Crippen molar-refractivity contribution in [3.05, 3.63) is 57.3 Å². The number of benzene rings is 1. The van der Waals surface area contributed by atoms with Crippen molar-refractivity contribution in [2.75, 3.05) is 26.2 Å². The third kappa shape index (κ3) is 7.72. The molecule has 6 nitrogen and oxygen atoms in total. The molecule has 1 unspecified atom stereocenters. The van der Waals surface area contributed by atoms with Crippen LogP contribution in [0.4, 0.5) is 0 Å². The van der Waals surface area contributed by atoms with Crippen LogP contribution in [0.25, 0.3) is 0 Å². The third-order valence-electron chi connectivity index (χ3n) is 3.65. The van der Waals surface area contributed by atoms with Gasteiger partial charge < -0.3 is 20.5 Å². The van der Waals surface area contributed by atoms with Gasteiger partial charge in [-0.1, -0.05) is 46.9 Å². The van der Waals surface area contributed by atoms with Gasteiger partial charge in [0, 0.05) is 19.3 Å². The lowest BCUT2D eigenvalue weighted by Crippen LogP contribution is -2.39. The summed E-state index contributed by atoms with van der Waals surface area (Å²) in [5.74, 6) is 1.04. The van der Waals surface area contributed by atoms with Gasteiger partial charge in [0.2, 0.25) is 0 Å². The minimum atomic E-state index is -0.786. The number of aromatic nitrogens is 1. The van der Waals surface area contributed by atoms with E-state index in [9.17, 15) is 5.11 Å². The topological polar surface area (TPSA) is 78.8 Å². The lowest BCUT2D eigenvalue weighted by molar-refractivity contribution is 0.114. The number of hydrogen-bond donors (Lipinski definition) is 3. The zero-order valence-electron chi connectivity index (χ0n) is 15.5. The smallest absolute Gasteiger partial charge is 0.191 e. The molecule has 9 heteroatoms. The standard InChI is InChI=1S/C19H23Cl3N4O2/c1-2-23-19(24-9-8-13-6-7-17(21)25-10-13)26-11-14(27)12-28-16-5-3-4-15(20)18(16)22/h3-7,10,14,27H,2,8-9,11-12H2,1H3,(H2,23,24,26). The maximum atomic E-state index is 10.1. The van der Waals surface area contributed by atoms with Gasteiger partial charge in [0.1, 0.15) is 28.6 Å². The molecule has 0 amide bonds. The molecule has 3 N–H and O–H groups in total. The number of aliphatic hydroxyl groups is 1. The minimum Gasteiger partial charge on any atom is -0.489 e. The normalized spacial score (nSPS) is 12.5. The Morgan fingerprint density at radius 2 is 2.04 bits per heavy atom. The summed E-state index contributed by atoms with van der Waals surface area (Å²) in [7, 11) is 0. The molecular weight excluding hydrogens is 423 g/mol. The highest BCUT2D eigenvalue weighted by atomic mass is 35.5. The first-order chi connectivity index (χ1) is 13.5. The van der Waals surface area contributed by atoms with Crippen molar-refractivity contribution >= 4 is 40.8 Å². The maximum absolute atomic E-state index is 10.1. The van der Waals surface area contributed by atoms with Gasteiger partial charge in [-0.2, -0.15) is 0 Å². The van der Waals surface area contributed by atoms with Crippen LogP contribution < -0.4 is 15.4 Å². The molecule has 1 aromatic carbocycles. The van der Waals surface area contributed by atoms with Gasteiger partial charge in [0.25, 0.3) is 0 Å². The molecule has 0 saturated heterocycles. The van der Waals surface area contributed by atoms with Crippen LogP contribution >= 0.6 is 34.8 Å². The fourth-order valence-electron chi connectivity index (χ4n) is 2.25. The Labute approximate surface area is 179 Å². The first-order valence-corrected chi connectivity index (χ1v) is 10.0. The van der Waals surface area contributed by atoms with E-state index < -0.39 is 6.10 Å². The summed E-state index contributed by atoms with van der Waals surface area (Å²) in [4.78, 5) is 8.44. The molecule has 1 heterocycles. The quantitative estimate of drug-likeness (QED) is 0.312. The van der Waals surface area contributed by atoms with Crippen molar-refractivity contribution in [1.82, 2.24) is 15.6 Å². The average Bonchev–Trinajstić information content (AvgIpc) is 2.68. The molecule has 0 aliphatic heterocycles. The molecule has 2 aromatic rings. The summed E-state index contributed by atoms with van der Waals surface area (Å²) in [6.07, 6.45) is 1.73. The van der Waals surface area contributed by atoms with E-state index in [0.29, 0.717) is 40.0 Å². The van der Waals surface area contributed by atoms with Gasteiger partial charge >= 0.3 is 0 Å². The van der Waals surface area contributed by atoms with E-state index in [1.165, 1.54) is 0 Å². The molecule has 2 rings (SSSR count). The highest BCUT2D eigenvalue weighted by Gasteiger charge is 2.09. The number of halogens is 3. The molecular formula is C19H23Cl3N4O2. The monoisotopic (exact) mass is 444 g/mol. The number of hydrogen-bond acceptors (Lipinski definition) is 4. The number of nitrogens with zero attached hydrogens (tertiary/aromatic N) is 2. The zero-order valence-corrected chi connectivity index (χ0v) is 17.7. The molecule has 0 saturated carbocycles. The fraction of sp³-hybridized carbons (Fsp3) is 0.368. The Morgan fingerprint density at radius 1 is 1.21 bits per heavy atom. The largest absolute Gasteiger partial charge is 0.489 e. The van der Waals surface area contributed by atoms with Gasteiger partial charge in [-0.15, -0.1) is 0 Å². The number of ether oxygens (including phenoxy) is 1. The Kier molecular flexibility index (Phi) is 9.64. The predicted octanol–water partition coefficient (Wildman–Crippen LogP) is 3.58. The van der Waals surface area contributed by atoms with Gasteiger partial charge in [-0.25, -0.2) is 4.98 Å². The maximum Gasteiger partial charge on any atom is 0.191 e. The molecule has 0 fully saturated rings. The molecule has 152 valence electrons. The van der Waals surface area contributed by atoms with E-state index in [2.05, 4.69) is 20.6 Å². The van der Waals surface area contributed by atoms with Crippen molar-refractivity contribution in [2.45, 2.75) is 19.4 Å². The third-order valence-corrected chi connectivity index (χ3v) is 4.67. The molecule has 0 radical (unpaired) electrons. The number of pyridine rings is 1. The van der Waals surface area contributed by atoms with E-state index >= 15 is 0 Å². The van der Waals surface area contributed by atoms with Crippen LogP contribution in [0.1, 0.15) is 12.5 Å². The lowest BCUT2D eigenvalue weighted by Gasteiger charge is -2.14. The number of aliphatic imine (C=N–C) groups is 1. The second-order valence-corrected chi connectivity index (χ2v) is 7.07. The Hall–Kier alpha value is -1.73. The van der Waals surface area contributed by atoms with E-state index in [4.69, 9.17) is 39.5 Å². The minimum absolute atomic E-state index is 0.0550. The van der Waals surface area contributed by atoms with Crippen molar-refractivity contribution in [3.8, 4) is 5.75 Å². The number of rotatable bonds is 9. The molecule has 0 aliphatic carbocycles. The van der Waals surface area contributed by atoms with E-state index in [1.807, 2.05) is 13.0 Å². The molecule has 1 atom stereocenters. The van der Waals surface area contributed by atoms with Gasteiger partial charge in [-0.3, -0.25) is 4.99 Å². The van der Waals surface area contributed by atoms with E-state index in [1.54, 1.807) is 30.5 Å². The van der Waals surface area contributed by atoms with Crippen LogP contribution in [-0.4, -0.2) is 48.4 Å². The Morgan fingerprint density at radius 3 is 2.75 bits per heavy atom. The van der Waals surface area contributed by atoms with Crippen LogP contribution in [0.15, 0.2) is 41.5 Å². The Bertz CT molecular complexity index is 772. The number of aliphatic hydroxyl groups excluding tert-OH is 1. The van der Waals surface area contributed by atoms with Crippen LogP contribution in [0, 0.1) is 0 Å². The Balaban J connectivity index is 1.79. The highest BCUT2D eigenvalue weighted by Crippen LogP contribution is 2.31. The fourth-order valence-corrected chi connectivity index (χ4v) is 2.71. The summed E-state index contributed by atoms with van der Waals surface area (Å²) in [5.41, 5.74) is 1.07. The number of nitrogens with one attached hydrogen (secondary N) is 2. The zero-order chi connectivity index (χ0) is 20.4. The van der Waals surface area contributed by atoms with Crippen LogP contribution in [0.3, 0.4) is 0 Å². The summed E-state index contributed by atoms with van der Waals surface area (Å²) in [5, 5.41) is 17.7. The number of guanidine groups is 1.